The second-order valence-electron chi connectivity index (χ2n) is 9.19. The number of nitrogens with zero attached hydrogens (tertiary/aromatic N) is 2. The molecule has 0 spiro atoms. The van der Waals surface area contributed by atoms with Crippen molar-refractivity contribution >= 4 is 0 Å². The third-order valence-corrected chi connectivity index (χ3v) is 6.69. The lowest BCUT2D eigenvalue weighted by Gasteiger charge is -2.44. The van der Waals surface area contributed by atoms with Gasteiger partial charge in [0.05, 0.1) is 6.33 Å². The van der Waals surface area contributed by atoms with E-state index < -0.39 is 0 Å². The maximum atomic E-state index is 4.37. The molecule has 0 radical (unpaired) electrons. The van der Waals surface area contributed by atoms with Crippen LogP contribution in [0.1, 0.15) is 97.5 Å². The summed E-state index contributed by atoms with van der Waals surface area (Å²) < 4.78 is 2.33. The van der Waals surface area contributed by atoms with Gasteiger partial charge in [-0.2, -0.15) is 0 Å². The van der Waals surface area contributed by atoms with Crippen LogP contribution in [0.4, 0.5) is 0 Å². The van der Waals surface area contributed by atoms with Gasteiger partial charge in [0.1, 0.15) is 0 Å². The number of hydrogen-bond donors (Lipinski definition) is 0. The van der Waals surface area contributed by atoms with E-state index in [-0.39, 0.29) is 5.41 Å². The van der Waals surface area contributed by atoms with E-state index in [1.807, 2.05) is 12.5 Å². The number of imidazole rings is 1. The molecule has 0 N–H and O–H groups in total. The van der Waals surface area contributed by atoms with Crippen LogP contribution in [0.5, 0.6) is 0 Å². The van der Waals surface area contributed by atoms with Crippen LogP contribution in [0.25, 0.3) is 0 Å². The van der Waals surface area contributed by atoms with E-state index in [0.717, 1.165) is 12.5 Å². The molecule has 0 aliphatic carbocycles. The first-order chi connectivity index (χ1) is 14.2. The number of hydrogen-bond acceptors (Lipinski definition) is 1. The highest BCUT2D eigenvalue weighted by Gasteiger charge is 2.40. The average Bonchev–Trinajstić information content (AvgIpc) is 3.23. The minimum atomic E-state index is 0.179. The zero-order valence-electron chi connectivity index (χ0n) is 19.4. The Kier molecular flexibility index (Phi) is 10.5. The zero-order chi connectivity index (χ0) is 21.0. The molecule has 3 atom stereocenters. The van der Waals surface area contributed by atoms with Gasteiger partial charge in [0.25, 0.3) is 0 Å². The number of unbranched alkanes of at least 4 members (excludes halogenated alkanes) is 3. The molecule has 2 rings (SSSR count). The summed E-state index contributed by atoms with van der Waals surface area (Å²) >= 11 is 0. The fraction of sp³-hybridized carbons (Fsp3) is 0.667. The first-order valence-electron chi connectivity index (χ1n) is 12.2. The third kappa shape index (κ3) is 7.01. The molecular formula is C27H44N2. The molecule has 0 aliphatic rings. The number of benzene rings is 1. The van der Waals surface area contributed by atoms with E-state index in [9.17, 15) is 0 Å². The van der Waals surface area contributed by atoms with Crippen LogP contribution in [0.15, 0.2) is 49.1 Å². The summed E-state index contributed by atoms with van der Waals surface area (Å²) in [5.41, 5.74) is 1.71. The normalized spacial score (nSPS) is 15.7. The lowest BCUT2D eigenvalue weighted by molar-refractivity contribution is 0.158. The Labute approximate surface area is 180 Å². The average molecular weight is 397 g/mol. The summed E-state index contributed by atoms with van der Waals surface area (Å²) in [7, 11) is 0. The van der Waals surface area contributed by atoms with Gasteiger partial charge in [-0.15, -0.1) is 0 Å². The van der Waals surface area contributed by atoms with E-state index in [0.29, 0.717) is 5.92 Å². The molecular weight excluding hydrogens is 352 g/mol. The molecule has 0 fully saturated rings. The van der Waals surface area contributed by atoms with Crippen LogP contribution in [-0.4, -0.2) is 9.55 Å². The highest BCUT2D eigenvalue weighted by Crippen LogP contribution is 2.45. The molecule has 1 aromatic carbocycles. The van der Waals surface area contributed by atoms with E-state index in [2.05, 4.69) is 73.8 Å². The Morgan fingerprint density at radius 2 is 1.66 bits per heavy atom. The second-order valence-corrected chi connectivity index (χ2v) is 9.19. The largest absolute Gasteiger partial charge is 0.337 e. The molecule has 0 saturated heterocycles. The summed E-state index contributed by atoms with van der Waals surface area (Å²) in [6, 6.07) is 11.4. The van der Waals surface area contributed by atoms with E-state index in [1.165, 1.54) is 69.8 Å². The van der Waals surface area contributed by atoms with Crippen molar-refractivity contribution in [2.45, 2.75) is 104 Å². The van der Waals surface area contributed by atoms with Crippen molar-refractivity contribution in [3.05, 3.63) is 54.6 Å². The first kappa shape index (κ1) is 23.7. The van der Waals surface area contributed by atoms with Crippen molar-refractivity contribution in [1.82, 2.24) is 9.55 Å². The van der Waals surface area contributed by atoms with Gasteiger partial charge in [-0.05, 0) is 36.7 Å². The quantitative estimate of drug-likeness (QED) is 0.278. The summed E-state index contributed by atoms with van der Waals surface area (Å²) in [6.45, 7) is 10.5. The molecule has 0 saturated carbocycles. The molecule has 29 heavy (non-hydrogen) atoms. The second kappa shape index (κ2) is 12.9. The maximum Gasteiger partial charge on any atom is 0.0946 e. The molecule has 2 aromatic rings. The van der Waals surface area contributed by atoms with Crippen molar-refractivity contribution in [2.75, 3.05) is 0 Å². The third-order valence-electron chi connectivity index (χ3n) is 6.69. The first-order valence-corrected chi connectivity index (χ1v) is 12.2. The molecule has 0 aliphatic heterocycles. The molecule has 2 nitrogen and oxygen atoms in total. The molecule has 2 heteroatoms. The molecule has 1 heterocycles. The van der Waals surface area contributed by atoms with Crippen LogP contribution in [0.3, 0.4) is 0 Å². The summed E-state index contributed by atoms with van der Waals surface area (Å²) in [5, 5.41) is 0. The maximum absolute atomic E-state index is 4.37. The molecule has 162 valence electrons. The molecule has 0 amide bonds. The van der Waals surface area contributed by atoms with Gasteiger partial charge in [-0.3, -0.25) is 0 Å². The summed E-state index contributed by atoms with van der Waals surface area (Å²) in [5.74, 6) is 1.45. The Morgan fingerprint density at radius 3 is 2.28 bits per heavy atom. The van der Waals surface area contributed by atoms with Gasteiger partial charge in [-0.1, -0.05) is 103 Å². The van der Waals surface area contributed by atoms with Crippen LogP contribution < -0.4 is 0 Å². The smallest absolute Gasteiger partial charge is 0.0946 e. The number of aromatic nitrogens is 2. The Hall–Kier alpha value is -1.57. The fourth-order valence-corrected chi connectivity index (χ4v) is 5.36. The van der Waals surface area contributed by atoms with E-state index in [4.69, 9.17) is 0 Å². The molecule has 0 bridgehead atoms. The van der Waals surface area contributed by atoms with Gasteiger partial charge in [0, 0.05) is 24.4 Å². The van der Waals surface area contributed by atoms with Crippen LogP contribution >= 0.6 is 0 Å². The van der Waals surface area contributed by atoms with Crippen LogP contribution in [0, 0.1) is 11.8 Å². The summed E-state index contributed by atoms with van der Waals surface area (Å²) in [6.07, 6.45) is 19.3. The predicted octanol–water partition coefficient (Wildman–Crippen LogP) is 8.03. The Balaban J connectivity index is 2.44. The standard InChI is InChI=1S/C27H44N2/c1-5-8-9-11-16-25(15-7-3)27(21-24(4)14-6-2,22-29-20-19-28-23-29)26-17-12-10-13-18-26/h10,12-13,17-20,23-25H,5-9,11,14-16,21-22H2,1-4H3/t24-,25?,27?/m1/s1. The highest BCUT2D eigenvalue weighted by atomic mass is 15.0. The fourth-order valence-electron chi connectivity index (χ4n) is 5.36. The van der Waals surface area contributed by atoms with Gasteiger partial charge in [-0.25, -0.2) is 4.98 Å². The van der Waals surface area contributed by atoms with E-state index >= 15 is 0 Å². The van der Waals surface area contributed by atoms with Crippen molar-refractivity contribution in [3.8, 4) is 0 Å². The SMILES string of the molecule is CCCCCCC(CCC)C(C[C@H](C)CCC)(Cn1ccnc1)c1ccccc1. The minimum Gasteiger partial charge on any atom is -0.337 e. The topological polar surface area (TPSA) is 17.8 Å². The van der Waals surface area contributed by atoms with E-state index in [1.54, 1.807) is 0 Å². The van der Waals surface area contributed by atoms with Crippen LogP contribution in [0.2, 0.25) is 0 Å². The predicted molar refractivity (Wildman–Crippen MR) is 126 cm³/mol. The van der Waals surface area contributed by atoms with Gasteiger partial charge < -0.3 is 4.57 Å². The minimum absolute atomic E-state index is 0.179. The summed E-state index contributed by atoms with van der Waals surface area (Å²) in [4.78, 5) is 4.37. The molecule has 1 aromatic heterocycles. The lowest BCUT2D eigenvalue weighted by Crippen LogP contribution is -2.41. The van der Waals surface area contributed by atoms with Crippen LogP contribution in [-0.2, 0) is 12.0 Å². The van der Waals surface area contributed by atoms with Gasteiger partial charge >= 0.3 is 0 Å². The van der Waals surface area contributed by atoms with Crippen molar-refractivity contribution in [1.29, 1.82) is 0 Å². The lowest BCUT2D eigenvalue weighted by atomic mass is 9.62. The van der Waals surface area contributed by atoms with Crippen molar-refractivity contribution in [3.63, 3.8) is 0 Å². The monoisotopic (exact) mass is 396 g/mol. The Morgan fingerprint density at radius 1 is 0.897 bits per heavy atom. The van der Waals surface area contributed by atoms with Crippen molar-refractivity contribution in [2.24, 2.45) is 11.8 Å². The van der Waals surface area contributed by atoms with Crippen molar-refractivity contribution < 1.29 is 0 Å². The zero-order valence-corrected chi connectivity index (χ0v) is 19.4. The van der Waals surface area contributed by atoms with Gasteiger partial charge in [0.15, 0.2) is 0 Å². The molecule has 2 unspecified atom stereocenters. The number of rotatable bonds is 15. The highest BCUT2D eigenvalue weighted by molar-refractivity contribution is 5.27. The Bertz CT molecular complexity index is 634. The van der Waals surface area contributed by atoms with Gasteiger partial charge in [0.2, 0.25) is 0 Å².